The topological polar surface area (TPSA) is 113 Å². The van der Waals surface area contributed by atoms with Crippen LogP contribution in [0.2, 0.25) is 0 Å². The summed E-state index contributed by atoms with van der Waals surface area (Å²) in [5.41, 5.74) is 1.35. The lowest BCUT2D eigenvalue weighted by Crippen LogP contribution is -2.37. The van der Waals surface area contributed by atoms with E-state index in [1.807, 2.05) is 0 Å². The van der Waals surface area contributed by atoms with E-state index in [2.05, 4.69) is 25.8 Å². The van der Waals surface area contributed by atoms with Crippen LogP contribution < -0.4 is 10.6 Å². The number of benzene rings is 1. The fourth-order valence-electron chi connectivity index (χ4n) is 4.94. The molecule has 0 aliphatic heterocycles. The van der Waals surface area contributed by atoms with Crippen LogP contribution in [0.4, 0.5) is 35.1 Å². The fourth-order valence-corrected chi connectivity index (χ4v) is 4.94. The van der Waals surface area contributed by atoms with Crippen molar-refractivity contribution in [3.05, 3.63) is 47.1 Å². The van der Waals surface area contributed by atoms with Gasteiger partial charge in [-0.2, -0.15) is 26.3 Å². The molecular formula is C27H29F8N5O3. The molecule has 3 aromatic rings. The first kappa shape index (κ1) is 32.2. The van der Waals surface area contributed by atoms with E-state index in [0.29, 0.717) is 16.6 Å². The summed E-state index contributed by atoms with van der Waals surface area (Å²) in [7, 11) is 0. The first-order chi connectivity index (χ1) is 20.0. The highest BCUT2D eigenvalue weighted by atomic mass is 19.4. The van der Waals surface area contributed by atoms with Crippen molar-refractivity contribution in [1.82, 2.24) is 25.8 Å². The van der Waals surface area contributed by atoms with Gasteiger partial charge in [0.05, 0.1) is 35.2 Å². The van der Waals surface area contributed by atoms with Crippen molar-refractivity contribution in [1.29, 1.82) is 0 Å². The summed E-state index contributed by atoms with van der Waals surface area (Å²) in [6.45, 7) is 1.59. The van der Waals surface area contributed by atoms with Crippen LogP contribution in [0.3, 0.4) is 0 Å². The van der Waals surface area contributed by atoms with Crippen molar-refractivity contribution in [2.24, 2.45) is 5.92 Å². The number of rotatable bonds is 10. The van der Waals surface area contributed by atoms with E-state index in [1.54, 1.807) is 25.1 Å². The van der Waals surface area contributed by atoms with Gasteiger partial charge in [0.25, 0.3) is 5.91 Å². The van der Waals surface area contributed by atoms with Gasteiger partial charge in [-0.25, -0.2) is 13.8 Å². The van der Waals surface area contributed by atoms with Crippen LogP contribution in [-0.2, 0) is 11.2 Å². The van der Waals surface area contributed by atoms with Gasteiger partial charge < -0.3 is 20.1 Å². The van der Waals surface area contributed by atoms with Crippen molar-refractivity contribution < 1.29 is 49.2 Å². The molecule has 2 heterocycles. The minimum Gasteiger partial charge on any atom is -0.351 e. The lowest BCUT2D eigenvalue weighted by Gasteiger charge is -2.33. The monoisotopic (exact) mass is 623 g/mol. The summed E-state index contributed by atoms with van der Waals surface area (Å²) in [6, 6.07) is 4.38. The van der Waals surface area contributed by atoms with E-state index in [4.69, 9.17) is 4.52 Å². The summed E-state index contributed by atoms with van der Waals surface area (Å²) in [5.74, 6) is -5.04. The molecule has 2 atom stereocenters. The number of amides is 2. The Kier molecular flexibility index (Phi) is 9.35. The van der Waals surface area contributed by atoms with Crippen LogP contribution >= 0.6 is 0 Å². The van der Waals surface area contributed by atoms with Gasteiger partial charge in [0.1, 0.15) is 5.82 Å². The zero-order chi connectivity index (χ0) is 31.6. The summed E-state index contributed by atoms with van der Waals surface area (Å²) in [5, 5.41) is 8.72. The van der Waals surface area contributed by atoms with Crippen LogP contribution in [0.1, 0.15) is 91.6 Å². The zero-order valence-corrected chi connectivity index (χ0v) is 22.8. The Labute approximate surface area is 240 Å². The van der Waals surface area contributed by atoms with Crippen LogP contribution in [-0.4, -0.2) is 45.2 Å². The van der Waals surface area contributed by atoms with Crippen LogP contribution in [0.15, 0.2) is 28.8 Å². The molecule has 2 aromatic heterocycles. The van der Waals surface area contributed by atoms with E-state index in [9.17, 15) is 44.7 Å². The molecule has 0 bridgehead atoms. The first-order valence-corrected chi connectivity index (χ1v) is 13.5. The largest absolute Gasteiger partial charge is 0.389 e. The van der Waals surface area contributed by atoms with Crippen molar-refractivity contribution in [3.8, 4) is 0 Å². The summed E-state index contributed by atoms with van der Waals surface area (Å²) < 4.78 is 108. The number of hydrogen-bond donors (Lipinski definition) is 3. The van der Waals surface area contributed by atoms with E-state index in [-0.39, 0.29) is 30.1 Å². The number of nitrogens with zero attached hydrogens (tertiary/aromatic N) is 2. The van der Waals surface area contributed by atoms with Crippen LogP contribution in [0.5, 0.6) is 0 Å². The summed E-state index contributed by atoms with van der Waals surface area (Å²) in [6.07, 6.45) is -13.2. The minimum absolute atomic E-state index is 0.0501. The number of fused-ring (bicyclic) bond motifs is 1. The molecule has 1 fully saturated rings. The molecule has 0 unspecified atom stereocenters. The van der Waals surface area contributed by atoms with Gasteiger partial charge in [0.15, 0.2) is 0 Å². The Hall–Kier alpha value is -3.72. The second-order valence-electron chi connectivity index (χ2n) is 10.7. The molecule has 0 radical (unpaired) electrons. The second kappa shape index (κ2) is 12.5. The van der Waals surface area contributed by atoms with Crippen molar-refractivity contribution in [2.75, 3.05) is 0 Å². The molecule has 16 heteroatoms. The predicted molar refractivity (Wildman–Crippen MR) is 136 cm³/mol. The van der Waals surface area contributed by atoms with E-state index < -0.39 is 86.6 Å². The highest BCUT2D eigenvalue weighted by Crippen LogP contribution is 2.41. The maximum Gasteiger partial charge on any atom is 0.389 e. The van der Waals surface area contributed by atoms with Crippen molar-refractivity contribution >= 4 is 22.8 Å². The van der Waals surface area contributed by atoms with E-state index in [1.165, 1.54) is 0 Å². The van der Waals surface area contributed by atoms with Crippen molar-refractivity contribution in [2.45, 2.75) is 88.6 Å². The normalized spacial score (nSPS) is 17.5. The quantitative estimate of drug-likeness (QED) is 0.214. The first-order valence-electron chi connectivity index (χ1n) is 13.5. The molecule has 8 nitrogen and oxygen atoms in total. The van der Waals surface area contributed by atoms with Gasteiger partial charge in [0, 0.05) is 38.2 Å². The molecule has 3 N–H and O–H groups in total. The maximum atomic E-state index is 13.9. The van der Waals surface area contributed by atoms with E-state index >= 15 is 0 Å². The molecule has 1 aromatic carbocycles. The van der Waals surface area contributed by atoms with Gasteiger partial charge in [-0.05, 0) is 43.4 Å². The molecule has 236 valence electrons. The molecular weight excluding hydrogens is 594 g/mol. The minimum atomic E-state index is -4.46. The third kappa shape index (κ3) is 9.13. The number of imidazole rings is 1. The smallest absolute Gasteiger partial charge is 0.351 e. The van der Waals surface area contributed by atoms with Gasteiger partial charge in [-0.3, -0.25) is 9.59 Å². The Morgan fingerprint density at radius 3 is 2.37 bits per heavy atom. The number of nitrogens with one attached hydrogen (secondary N) is 3. The highest BCUT2D eigenvalue weighted by molar-refractivity contribution is 5.91. The number of halogens is 8. The Morgan fingerprint density at radius 2 is 1.72 bits per heavy atom. The predicted octanol–water partition coefficient (Wildman–Crippen LogP) is 6.86. The molecule has 1 aliphatic rings. The lowest BCUT2D eigenvalue weighted by atomic mass is 9.81. The number of aryl methyl sites for hydroxylation is 1. The average Bonchev–Trinajstić information content (AvgIpc) is 3.55. The van der Waals surface area contributed by atoms with Gasteiger partial charge in [-0.1, -0.05) is 11.2 Å². The molecule has 1 saturated carbocycles. The number of aromatic nitrogens is 3. The summed E-state index contributed by atoms with van der Waals surface area (Å²) in [4.78, 5) is 32.6. The molecule has 1 aliphatic carbocycles. The SMILES string of the molecule is C[C@@H](NC(=O)CCC(F)(F)F)c1ccc2[nH]c([C@@H](NC(=O)c3cc(CCC(F)(F)F)no3)C3CCC(F)(F)CC3)nc2c1. The standard InChI is InChI=1S/C27H29F8N5O3/c1-14(36-21(41)7-11-27(33,34)35)16-2-3-18-19(12-16)38-23(37-18)22(15-4-8-25(28,29)9-5-15)39-24(42)20-13-17(40-43-20)6-10-26(30,31)32/h2-3,12-15,22H,4-11H2,1H3,(H,36,41)(H,37,38)(H,39,42)/t14-,22+/m1/s1. The van der Waals surface area contributed by atoms with E-state index in [0.717, 1.165) is 6.07 Å². The van der Waals surface area contributed by atoms with Crippen LogP contribution in [0, 0.1) is 5.92 Å². The molecule has 0 spiro atoms. The Morgan fingerprint density at radius 1 is 1.05 bits per heavy atom. The number of aromatic amines is 1. The fraction of sp³-hybridized carbons (Fsp3) is 0.556. The average molecular weight is 624 g/mol. The molecule has 0 saturated heterocycles. The Balaban J connectivity index is 1.53. The Bertz CT molecular complexity index is 1420. The zero-order valence-electron chi connectivity index (χ0n) is 22.8. The van der Waals surface area contributed by atoms with Gasteiger partial charge >= 0.3 is 12.4 Å². The van der Waals surface area contributed by atoms with Crippen molar-refractivity contribution in [3.63, 3.8) is 0 Å². The lowest BCUT2D eigenvalue weighted by molar-refractivity contribution is -0.144. The third-order valence-electron chi connectivity index (χ3n) is 7.30. The molecule has 43 heavy (non-hydrogen) atoms. The highest BCUT2D eigenvalue weighted by Gasteiger charge is 2.40. The van der Waals surface area contributed by atoms with Gasteiger partial charge in [0.2, 0.25) is 17.6 Å². The third-order valence-corrected chi connectivity index (χ3v) is 7.30. The number of carbonyl (C=O) groups is 2. The number of H-pyrrole nitrogens is 1. The number of hydrogen-bond acceptors (Lipinski definition) is 5. The number of alkyl halides is 8. The number of carbonyl (C=O) groups excluding carboxylic acids is 2. The second-order valence-corrected chi connectivity index (χ2v) is 10.7. The maximum absolute atomic E-state index is 13.9. The summed E-state index contributed by atoms with van der Waals surface area (Å²) >= 11 is 0. The van der Waals surface area contributed by atoms with Gasteiger partial charge in [-0.15, -0.1) is 0 Å². The van der Waals surface area contributed by atoms with Crippen LogP contribution in [0.25, 0.3) is 11.0 Å². The molecule has 2 amide bonds. The molecule has 4 rings (SSSR count).